The molecule has 0 radical (unpaired) electrons. The second kappa shape index (κ2) is 14.0. The van der Waals surface area contributed by atoms with Gasteiger partial charge in [0.1, 0.15) is 17.7 Å². The molecule has 1 saturated carbocycles. The molecule has 2 N–H and O–H groups in total. The van der Waals surface area contributed by atoms with Crippen LogP contribution in [0, 0.1) is 12.3 Å². The van der Waals surface area contributed by atoms with Crippen molar-refractivity contribution in [3.63, 3.8) is 0 Å². The van der Waals surface area contributed by atoms with Crippen LogP contribution in [0.25, 0.3) is 0 Å². The molecule has 0 aromatic heterocycles. The van der Waals surface area contributed by atoms with Gasteiger partial charge in [0.05, 0.1) is 0 Å². The van der Waals surface area contributed by atoms with Crippen LogP contribution < -0.4 is 10.6 Å². The Kier molecular flexibility index (Phi) is 10.8. The zero-order valence-electron chi connectivity index (χ0n) is 24.4. The molecule has 0 bridgehead atoms. The minimum atomic E-state index is -0.949. The SMILES string of the molecule is C#Cc1ccc(C(C(=O)NC2CCCCC2)N(C(=O)C(Cc2ccccc2)NC(=O)OC(C)(C)C)C(C)C)cc1. The highest BCUT2D eigenvalue weighted by atomic mass is 16.6. The summed E-state index contributed by atoms with van der Waals surface area (Å²) in [5.41, 5.74) is 1.49. The summed E-state index contributed by atoms with van der Waals surface area (Å²) >= 11 is 0. The van der Waals surface area contributed by atoms with Crippen LogP contribution in [0.4, 0.5) is 4.79 Å². The molecule has 40 heavy (non-hydrogen) atoms. The molecule has 2 unspecified atom stereocenters. The first-order chi connectivity index (χ1) is 19.0. The fourth-order valence-electron chi connectivity index (χ4n) is 5.09. The molecule has 2 aromatic rings. The number of amides is 3. The number of hydrogen-bond donors (Lipinski definition) is 2. The predicted octanol–water partition coefficient (Wildman–Crippen LogP) is 5.53. The van der Waals surface area contributed by atoms with Gasteiger partial charge in [0.25, 0.3) is 0 Å². The molecule has 214 valence electrons. The van der Waals surface area contributed by atoms with Gasteiger partial charge < -0.3 is 20.3 Å². The number of carbonyl (C=O) groups is 3. The number of benzene rings is 2. The predicted molar refractivity (Wildman–Crippen MR) is 157 cm³/mol. The molecule has 1 aliphatic rings. The van der Waals surface area contributed by atoms with E-state index >= 15 is 0 Å². The van der Waals surface area contributed by atoms with Crippen LogP contribution in [0.1, 0.15) is 89.5 Å². The van der Waals surface area contributed by atoms with E-state index in [-0.39, 0.29) is 30.3 Å². The van der Waals surface area contributed by atoms with Crippen molar-refractivity contribution in [3.05, 3.63) is 71.3 Å². The smallest absolute Gasteiger partial charge is 0.408 e. The quantitative estimate of drug-likeness (QED) is 0.406. The van der Waals surface area contributed by atoms with E-state index in [1.54, 1.807) is 49.9 Å². The van der Waals surface area contributed by atoms with E-state index in [1.807, 2.05) is 44.2 Å². The highest BCUT2D eigenvalue weighted by molar-refractivity contribution is 5.92. The van der Waals surface area contributed by atoms with Crippen LogP contribution >= 0.6 is 0 Å². The Morgan fingerprint density at radius 2 is 1.62 bits per heavy atom. The van der Waals surface area contributed by atoms with Crippen molar-refractivity contribution in [3.8, 4) is 12.3 Å². The third-order valence-corrected chi connectivity index (χ3v) is 6.95. The van der Waals surface area contributed by atoms with Crippen molar-refractivity contribution in [1.29, 1.82) is 0 Å². The number of nitrogens with zero attached hydrogens (tertiary/aromatic N) is 1. The second-order valence-electron chi connectivity index (χ2n) is 11.7. The average Bonchev–Trinajstić information content (AvgIpc) is 2.91. The minimum Gasteiger partial charge on any atom is -0.444 e. The maximum Gasteiger partial charge on any atom is 0.408 e. The van der Waals surface area contributed by atoms with Gasteiger partial charge in [-0.3, -0.25) is 9.59 Å². The van der Waals surface area contributed by atoms with Gasteiger partial charge in [0.2, 0.25) is 11.8 Å². The first-order valence-corrected chi connectivity index (χ1v) is 14.2. The van der Waals surface area contributed by atoms with Crippen molar-refractivity contribution < 1.29 is 19.1 Å². The lowest BCUT2D eigenvalue weighted by molar-refractivity contribution is -0.145. The minimum absolute atomic E-state index is 0.0675. The third kappa shape index (κ3) is 8.87. The normalized spacial score (nSPS) is 15.4. The molecular formula is C33H43N3O4. The van der Waals surface area contributed by atoms with Crippen molar-refractivity contribution >= 4 is 17.9 Å². The van der Waals surface area contributed by atoms with Gasteiger partial charge >= 0.3 is 6.09 Å². The molecular weight excluding hydrogens is 502 g/mol. The van der Waals surface area contributed by atoms with Crippen LogP contribution in [0.2, 0.25) is 0 Å². The Hall–Kier alpha value is -3.79. The summed E-state index contributed by atoms with van der Waals surface area (Å²) in [4.78, 5) is 42.8. The number of terminal acetylenes is 1. The summed E-state index contributed by atoms with van der Waals surface area (Å²) in [6.07, 6.45) is 10.3. The highest BCUT2D eigenvalue weighted by Gasteiger charge is 2.38. The van der Waals surface area contributed by atoms with E-state index in [2.05, 4.69) is 16.6 Å². The number of nitrogens with one attached hydrogen (secondary N) is 2. The van der Waals surface area contributed by atoms with E-state index in [0.717, 1.165) is 37.7 Å². The Labute approximate surface area is 239 Å². The van der Waals surface area contributed by atoms with Crippen molar-refractivity contribution in [2.75, 3.05) is 0 Å². The van der Waals surface area contributed by atoms with Crippen LogP contribution in [0.5, 0.6) is 0 Å². The van der Waals surface area contributed by atoms with Gasteiger partial charge in [-0.25, -0.2) is 4.79 Å². The van der Waals surface area contributed by atoms with Crippen LogP contribution in [0.3, 0.4) is 0 Å². The molecule has 3 amide bonds. The van der Waals surface area contributed by atoms with E-state index in [4.69, 9.17) is 11.2 Å². The fraction of sp³-hybridized carbons (Fsp3) is 0.485. The maximum atomic E-state index is 14.4. The van der Waals surface area contributed by atoms with Crippen molar-refractivity contribution in [1.82, 2.24) is 15.5 Å². The zero-order chi connectivity index (χ0) is 29.3. The van der Waals surface area contributed by atoms with Gasteiger partial charge in [-0.1, -0.05) is 67.6 Å². The average molecular weight is 546 g/mol. The zero-order valence-corrected chi connectivity index (χ0v) is 24.4. The Balaban J connectivity index is 2.00. The lowest BCUT2D eigenvalue weighted by Crippen LogP contribution is -2.56. The maximum absolute atomic E-state index is 14.4. The van der Waals surface area contributed by atoms with E-state index in [0.29, 0.717) is 11.1 Å². The molecule has 0 aliphatic heterocycles. The van der Waals surface area contributed by atoms with Gasteiger partial charge in [0.15, 0.2) is 0 Å². The molecule has 3 rings (SSSR count). The van der Waals surface area contributed by atoms with Crippen LogP contribution in [-0.4, -0.2) is 46.5 Å². The van der Waals surface area contributed by atoms with Crippen molar-refractivity contribution in [2.45, 2.75) is 103 Å². The summed E-state index contributed by atoms with van der Waals surface area (Å²) < 4.78 is 5.50. The molecule has 0 heterocycles. The van der Waals surface area contributed by atoms with E-state index in [1.165, 1.54) is 0 Å². The van der Waals surface area contributed by atoms with Gasteiger partial charge in [0, 0.05) is 24.1 Å². The number of rotatable bonds is 9. The Bertz CT molecular complexity index is 1170. The monoisotopic (exact) mass is 545 g/mol. The van der Waals surface area contributed by atoms with Crippen LogP contribution in [0.15, 0.2) is 54.6 Å². The number of ether oxygens (including phenoxy) is 1. The second-order valence-corrected chi connectivity index (χ2v) is 11.7. The van der Waals surface area contributed by atoms with Crippen molar-refractivity contribution in [2.24, 2.45) is 0 Å². The lowest BCUT2D eigenvalue weighted by atomic mass is 9.94. The first kappa shape index (κ1) is 30.7. The molecule has 0 saturated heterocycles. The summed E-state index contributed by atoms with van der Waals surface area (Å²) in [6, 6.07) is 14.5. The van der Waals surface area contributed by atoms with E-state index in [9.17, 15) is 14.4 Å². The van der Waals surface area contributed by atoms with E-state index < -0.39 is 23.8 Å². The highest BCUT2D eigenvalue weighted by Crippen LogP contribution is 2.27. The van der Waals surface area contributed by atoms with Crippen LogP contribution in [-0.2, 0) is 20.7 Å². The summed E-state index contributed by atoms with van der Waals surface area (Å²) in [6.45, 7) is 9.06. The number of hydrogen-bond acceptors (Lipinski definition) is 4. The molecule has 1 aliphatic carbocycles. The summed E-state index contributed by atoms with van der Waals surface area (Å²) in [5.74, 6) is 2.00. The standard InChI is InChI=1S/C33H43N3O4/c1-7-24-18-20-26(21-19-24)29(30(37)34-27-16-12-9-13-17-27)36(23(2)3)31(38)28(22-25-14-10-8-11-15-25)35-32(39)40-33(4,5)6/h1,8,10-11,14-15,18-21,23,27-29H,9,12-13,16-17,22H2,2-6H3,(H,34,37)(H,35,39). The molecule has 2 atom stereocenters. The molecule has 2 aromatic carbocycles. The number of carbonyl (C=O) groups excluding carboxylic acids is 3. The fourth-order valence-corrected chi connectivity index (χ4v) is 5.09. The number of alkyl carbamates (subject to hydrolysis) is 1. The summed E-state index contributed by atoms with van der Waals surface area (Å²) in [7, 11) is 0. The molecule has 7 nitrogen and oxygen atoms in total. The molecule has 7 heteroatoms. The third-order valence-electron chi connectivity index (χ3n) is 6.95. The Morgan fingerprint density at radius 3 is 2.17 bits per heavy atom. The lowest BCUT2D eigenvalue weighted by Gasteiger charge is -2.38. The summed E-state index contributed by atoms with van der Waals surface area (Å²) in [5, 5.41) is 6.00. The molecule has 0 spiro atoms. The molecule has 1 fully saturated rings. The van der Waals surface area contributed by atoms with Gasteiger partial charge in [-0.2, -0.15) is 0 Å². The van der Waals surface area contributed by atoms with Gasteiger partial charge in [-0.15, -0.1) is 6.42 Å². The first-order valence-electron chi connectivity index (χ1n) is 14.2. The van der Waals surface area contributed by atoms with Gasteiger partial charge in [-0.05, 0) is 70.7 Å². The topological polar surface area (TPSA) is 87.7 Å². The largest absolute Gasteiger partial charge is 0.444 e. The Morgan fingerprint density at radius 1 is 1.00 bits per heavy atom.